The number of benzene rings is 2. The first-order valence-electron chi connectivity index (χ1n) is 10.6. The van der Waals surface area contributed by atoms with Crippen LogP contribution >= 0.6 is 0 Å². The number of nitrogens with one attached hydrogen (secondary N) is 1. The molecule has 1 aliphatic rings. The molecule has 7 nitrogen and oxygen atoms in total. The van der Waals surface area contributed by atoms with Crippen LogP contribution in [0, 0.1) is 19.8 Å². The van der Waals surface area contributed by atoms with E-state index in [0.717, 1.165) is 24.0 Å². The Bertz CT molecular complexity index is 1340. The number of nitrogens with zero attached hydrogens (tertiary/aromatic N) is 1. The van der Waals surface area contributed by atoms with Crippen molar-refractivity contribution in [2.75, 3.05) is 18.4 Å². The van der Waals surface area contributed by atoms with Gasteiger partial charge in [0.1, 0.15) is 5.58 Å². The van der Waals surface area contributed by atoms with Crippen LogP contribution in [0.25, 0.3) is 11.0 Å². The molecule has 0 aliphatic carbocycles. The number of hydrogen-bond donors (Lipinski definition) is 1. The molecule has 32 heavy (non-hydrogen) atoms. The van der Waals surface area contributed by atoms with Gasteiger partial charge in [-0.2, -0.15) is 4.31 Å². The summed E-state index contributed by atoms with van der Waals surface area (Å²) in [6.45, 7) is 6.87. The van der Waals surface area contributed by atoms with Gasteiger partial charge in [-0.1, -0.05) is 13.0 Å². The number of sulfonamides is 1. The first-order valence-corrected chi connectivity index (χ1v) is 12.1. The van der Waals surface area contributed by atoms with Crippen LogP contribution in [0.3, 0.4) is 0 Å². The molecule has 0 spiro atoms. The third-order valence-electron chi connectivity index (χ3n) is 5.87. The fraction of sp³-hybridized carbons (Fsp3) is 0.333. The Labute approximate surface area is 187 Å². The van der Waals surface area contributed by atoms with Crippen molar-refractivity contribution in [3.63, 3.8) is 0 Å². The molecule has 1 saturated heterocycles. The average molecular weight is 455 g/mol. The predicted octanol–water partition coefficient (Wildman–Crippen LogP) is 4.08. The molecule has 1 fully saturated rings. The third kappa shape index (κ3) is 4.33. The fourth-order valence-corrected chi connectivity index (χ4v) is 5.47. The van der Waals surface area contributed by atoms with Crippen LogP contribution < -0.4 is 10.7 Å². The monoisotopic (exact) mass is 454 g/mol. The first kappa shape index (κ1) is 22.2. The highest BCUT2D eigenvalue weighted by molar-refractivity contribution is 7.89. The van der Waals surface area contributed by atoms with Crippen molar-refractivity contribution < 1.29 is 17.6 Å². The lowest BCUT2D eigenvalue weighted by atomic mass is 10.0. The van der Waals surface area contributed by atoms with E-state index >= 15 is 0 Å². The van der Waals surface area contributed by atoms with Crippen LogP contribution in [-0.2, 0) is 10.0 Å². The van der Waals surface area contributed by atoms with Crippen molar-refractivity contribution in [1.29, 1.82) is 0 Å². The summed E-state index contributed by atoms with van der Waals surface area (Å²) in [6.07, 6.45) is 1.70. The minimum Gasteiger partial charge on any atom is -0.450 e. The van der Waals surface area contributed by atoms with Crippen molar-refractivity contribution in [3.05, 3.63) is 69.6 Å². The Morgan fingerprint density at radius 3 is 2.38 bits per heavy atom. The van der Waals surface area contributed by atoms with Gasteiger partial charge in [0.05, 0.1) is 10.3 Å². The van der Waals surface area contributed by atoms with Gasteiger partial charge in [0.2, 0.25) is 10.0 Å². The Morgan fingerprint density at radius 2 is 1.72 bits per heavy atom. The van der Waals surface area contributed by atoms with Gasteiger partial charge in [-0.05, 0) is 74.1 Å². The molecule has 168 valence electrons. The number of hydrogen-bond acceptors (Lipinski definition) is 5. The molecule has 1 aromatic heterocycles. The summed E-state index contributed by atoms with van der Waals surface area (Å²) < 4.78 is 32.9. The van der Waals surface area contributed by atoms with Crippen LogP contribution in [0.15, 0.2) is 56.6 Å². The van der Waals surface area contributed by atoms with E-state index in [-0.39, 0.29) is 16.1 Å². The van der Waals surface area contributed by atoms with Crippen molar-refractivity contribution in [2.24, 2.45) is 5.92 Å². The van der Waals surface area contributed by atoms with E-state index in [9.17, 15) is 18.0 Å². The first-order chi connectivity index (χ1) is 15.1. The minimum atomic E-state index is -3.56. The molecule has 0 radical (unpaired) electrons. The fourth-order valence-electron chi connectivity index (χ4n) is 4.00. The summed E-state index contributed by atoms with van der Waals surface area (Å²) in [7, 11) is -3.56. The van der Waals surface area contributed by atoms with Gasteiger partial charge in [-0.15, -0.1) is 0 Å². The summed E-state index contributed by atoms with van der Waals surface area (Å²) in [4.78, 5) is 25.3. The maximum absolute atomic E-state index is 12.9. The normalized spacial score (nSPS) is 15.7. The van der Waals surface area contributed by atoms with Crippen LogP contribution in [0.4, 0.5) is 5.69 Å². The zero-order valence-corrected chi connectivity index (χ0v) is 19.2. The molecule has 4 rings (SSSR count). The van der Waals surface area contributed by atoms with Gasteiger partial charge in [-0.25, -0.2) is 8.42 Å². The SMILES string of the molecule is Cc1cc(C)c2oc(C(=O)Nc3ccc(S(=O)(=O)N4CCC(C)CC4)cc3)cc(=O)c2c1. The molecular formula is C24H26N2O5S. The lowest BCUT2D eigenvalue weighted by Crippen LogP contribution is -2.37. The highest BCUT2D eigenvalue weighted by atomic mass is 32.2. The maximum atomic E-state index is 12.9. The number of rotatable bonds is 4. The van der Waals surface area contributed by atoms with E-state index in [1.807, 2.05) is 19.9 Å². The van der Waals surface area contributed by atoms with Crippen LogP contribution in [0.2, 0.25) is 0 Å². The lowest BCUT2D eigenvalue weighted by Gasteiger charge is -2.29. The molecular weight excluding hydrogens is 428 g/mol. The smallest absolute Gasteiger partial charge is 0.291 e. The Morgan fingerprint density at radius 1 is 1.06 bits per heavy atom. The van der Waals surface area contributed by atoms with E-state index in [0.29, 0.717) is 35.7 Å². The predicted molar refractivity (Wildman–Crippen MR) is 124 cm³/mol. The molecule has 0 bridgehead atoms. The molecule has 0 unspecified atom stereocenters. The summed E-state index contributed by atoms with van der Waals surface area (Å²) in [6, 6.07) is 10.8. The summed E-state index contributed by atoms with van der Waals surface area (Å²) >= 11 is 0. The molecule has 0 saturated carbocycles. The highest BCUT2D eigenvalue weighted by Crippen LogP contribution is 2.25. The molecule has 8 heteroatoms. The zero-order valence-electron chi connectivity index (χ0n) is 18.3. The number of amides is 1. The quantitative estimate of drug-likeness (QED) is 0.641. The zero-order chi connectivity index (χ0) is 23.0. The van der Waals surface area contributed by atoms with E-state index in [1.165, 1.54) is 34.6 Å². The number of aryl methyl sites for hydroxylation is 2. The summed E-state index contributed by atoms with van der Waals surface area (Å²) in [5.74, 6) is -0.153. The molecule has 1 N–H and O–H groups in total. The molecule has 1 amide bonds. The second kappa shape index (κ2) is 8.52. The van der Waals surface area contributed by atoms with Crippen molar-refractivity contribution in [2.45, 2.75) is 38.5 Å². The maximum Gasteiger partial charge on any atom is 0.291 e. The Hall–Kier alpha value is -2.97. The van der Waals surface area contributed by atoms with Gasteiger partial charge >= 0.3 is 0 Å². The van der Waals surface area contributed by atoms with Crippen LogP contribution in [0.1, 0.15) is 41.4 Å². The van der Waals surface area contributed by atoms with Gasteiger partial charge in [0, 0.05) is 24.8 Å². The lowest BCUT2D eigenvalue weighted by molar-refractivity contribution is 0.0997. The van der Waals surface area contributed by atoms with E-state index in [4.69, 9.17) is 4.42 Å². The van der Waals surface area contributed by atoms with Crippen LogP contribution in [-0.4, -0.2) is 31.7 Å². The summed E-state index contributed by atoms with van der Waals surface area (Å²) in [5.41, 5.74) is 2.21. The van der Waals surface area contributed by atoms with E-state index < -0.39 is 15.9 Å². The van der Waals surface area contributed by atoms with Gasteiger partial charge in [0.15, 0.2) is 11.2 Å². The van der Waals surface area contributed by atoms with Gasteiger partial charge in [0.25, 0.3) is 5.91 Å². The van der Waals surface area contributed by atoms with Gasteiger partial charge in [-0.3, -0.25) is 9.59 Å². The Balaban J connectivity index is 1.54. The third-order valence-corrected chi connectivity index (χ3v) is 7.79. The molecule has 2 heterocycles. The van der Waals surface area contributed by atoms with E-state index in [1.54, 1.807) is 6.07 Å². The number of carbonyl (C=O) groups excluding carboxylic acids is 1. The number of carbonyl (C=O) groups is 1. The molecule has 2 aromatic carbocycles. The van der Waals surface area contributed by atoms with Crippen molar-refractivity contribution in [1.82, 2.24) is 4.31 Å². The highest BCUT2D eigenvalue weighted by Gasteiger charge is 2.28. The molecule has 3 aromatic rings. The van der Waals surface area contributed by atoms with Crippen LogP contribution in [0.5, 0.6) is 0 Å². The standard InChI is InChI=1S/C24H26N2O5S/c1-15-8-10-26(11-9-15)32(29,30)19-6-4-18(5-7-19)25-24(28)22-14-21(27)20-13-16(2)12-17(3)23(20)31-22/h4-7,12-15H,8-11H2,1-3H3,(H,25,28). The average Bonchev–Trinajstić information content (AvgIpc) is 2.75. The topological polar surface area (TPSA) is 96.7 Å². The largest absolute Gasteiger partial charge is 0.450 e. The van der Waals surface area contributed by atoms with Crippen molar-refractivity contribution >= 4 is 32.6 Å². The van der Waals surface area contributed by atoms with Gasteiger partial charge < -0.3 is 9.73 Å². The number of anilines is 1. The second-order valence-electron chi connectivity index (χ2n) is 8.50. The number of fused-ring (bicyclic) bond motifs is 1. The second-order valence-corrected chi connectivity index (χ2v) is 10.4. The molecule has 1 aliphatic heterocycles. The van der Waals surface area contributed by atoms with E-state index in [2.05, 4.69) is 12.2 Å². The molecule has 0 atom stereocenters. The minimum absolute atomic E-state index is 0.103. The summed E-state index contributed by atoms with van der Waals surface area (Å²) in [5, 5.41) is 3.10. The number of piperidine rings is 1. The van der Waals surface area contributed by atoms with Crippen molar-refractivity contribution in [3.8, 4) is 0 Å². The Kier molecular flexibility index (Phi) is 5.92.